The first-order chi connectivity index (χ1) is 5.29. The van der Waals surface area contributed by atoms with Crippen LogP contribution in [0.15, 0.2) is 12.3 Å². The van der Waals surface area contributed by atoms with Crippen molar-refractivity contribution in [2.45, 2.75) is 25.2 Å². The average molecular weight is 158 g/mol. The van der Waals surface area contributed by atoms with Crippen molar-refractivity contribution in [1.82, 2.24) is 0 Å². The van der Waals surface area contributed by atoms with Crippen molar-refractivity contribution in [2.24, 2.45) is 0 Å². The zero-order valence-electron chi connectivity index (χ0n) is 7.11. The summed E-state index contributed by atoms with van der Waals surface area (Å²) in [5, 5.41) is 0. The molecular formula is C8H14O3. The van der Waals surface area contributed by atoms with Gasteiger partial charge in [0.1, 0.15) is 18.3 Å². The lowest BCUT2D eigenvalue weighted by molar-refractivity contribution is -0.0887. The third-order valence-corrected chi connectivity index (χ3v) is 1.89. The van der Waals surface area contributed by atoms with E-state index in [1.807, 2.05) is 13.0 Å². The number of hydrogen-bond acceptors (Lipinski definition) is 3. The summed E-state index contributed by atoms with van der Waals surface area (Å²) < 4.78 is 15.6. The van der Waals surface area contributed by atoms with E-state index in [1.165, 1.54) is 0 Å². The van der Waals surface area contributed by atoms with Gasteiger partial charge in [0.15, 0.2) is 0 Å². The van der Waals surface area contributed by atoms with Crippen LogP contribution < -0.4 is 0 Å². The summed E-state index contributed by atoms with van der Waals surface area (Å²) in [6.07, 6.45) is 3.60. The monoisotopic (exact) mass is 158 g/mol. The molecule has 1 aliphatic rings. The highest BCUT2D eigenvalue weighted by atomic mass is 16.6. The van der Waals surface area contributed by atoms with Gasteiger partial charge in [-0.3, -0.25) is 0 Å². The lowest BCUT2D eigenvalue weighted by atomic mass is 10.1. The van der Waals surface area contributed by atoms with Crippen molar-refractivity contribution in [3.63, 3.8) is 0 Å². The molecule has 0 N–H and O–H groups in total. The van der Waals surface area contributed by atoms with Crippen LogP contribution in [0.3, 0.4) is 0 Å². The van der Waals surface area contributed by atoms with Crippen LogP contribution in [-0.2, 0) is 14.2 Å². The Morgan fingerprint density at radius 2 is 2.00 bits per heavy atom. The molecule has 0 aromatic heterocycles. The van der Waals surface area contributed by atoms with E-state index in [-0.39, 0.29) is 18.3 Å². The summed E-state index contributed by atoms with van der Waals surface area (Å²) in [7, 11) is 3.33. The van der Waals surface area contributed by atoms with Gasteiger partial charge in [-0.05, 0) is 13.0 Å². The Labute approximate surface area is 66.9 Å². The topological polar surface area (TPSA) is 27.7 Å². The molecule has 0 aliphatic carbocycles. The first-order valence-electron chi connectivity index (χ1n) is 3.67. The van der Waals surface area contributed by atoms with Gasteiger partial charge < -0.3 is 14.2 Å². The van der Waals surface area contributed by atoms with Crippen LogP contribution in [0.25, 0.3) is 0 Å². The van der Waals surface area contributed by atoms with Gasteiger partial charge in [-0.2, -0.15) is 0 Å². The number of ether oxygens (including phenoxy) is 3. The molecule has 3 atom stereocenters. The Hall–Kier alpha value is -0.540. The molecule has 0 saturated carbocycles. The molecule has 0 bridgehead atoms. The second-order valence-electron chi connectivity index (χ2n) is 2.57. The van der Waals surface area contributed by atoms with E-state index in [4.69, 9.17) is 14.2 Å². The molecule has 1 heterocycles. The molecule has 0 saturated heterocycles. The predicted octanol–water partition coefficient (Wildman–Crippen LogP) is 0.949. The van der Waals surface area contributed by atoms with E-state index >= 15 is 0 Å². The second kappa shape index (κ2) is 3.74. The summed E-state index contributed by atoms with van der Waals surface area (Å²) in [6.45, 7) is 1.96. The smallest absolute Gasteiger partial charge is 0.124 e. The van der Waals surface area contributed by atoms with Gasteiger partial charge in [0, 0.05) is 14.2 Å². The van der Waals surface area contributed by atoms with Gasteiger partial charge in [-0.15, -0.1) is 0 Å². The molecule has 0 fully saturated rings. The van der Waals surface area contributed by atoms with Gasteiger partial charge in [0.2, 0.25) is 0 Å². The van der Waals surface area contributed by atoms with Gasteiger partial charge in [-0.25, -0.2) is 0 Å². The molecule has 0 aromatic carbocycles. The van der Waals surface area contributed by atoms with Crippen LogP contribution >= 0.6 is 0 Å². The SMILES string of the molecule is CO[C@H]1[C@H](C)OC=C[C@@H]1OC. The highest BCUT2D eigenvalue weighted by molar-refractivity contribution is 4.97. The molecular weight excluding hydrogens is 144 g/mol. The highest BCUT2D eigenvalue weighted by Gasteiger charge is 2.28. The molecule has 3 heteroatoms. The summed E-state index contributed by atoms with van der Waals surface area (Å²) in [6, 6.07) is 0. The predicted molar refractivity (Wildman–Crippen MR) is 41.3 cm³/mol. The van der Waals surface area contributed by atoms with Crippen molar-refractivity contribution in [3.8, 4) is 0 Å². The van der Waals surface area contributed by atoms with E-state index < -0.39 is 0 Å². The normalized spacial score (nSPS) is 36.8. The Morgan fingerprint density at radius 3 is 2.45 bits per heavy atom. The Bertz CT molecular complexity index is 144. The van der Waals surface area contributed by atoms with Crippen LogP contribution in [0.5, 0.6) is 0 Å². The number of methoxy groups -OCH3 is 2. The molecule has 0 radical (unpaired) electrons. The van der Waals surface area contributed by atoms with Gasteiger partial charge >= 0.3 is 0 Å². The van der Waals surface area contributed by atoms with Crippen molar-refractivity contribution < 1.29 is 14.2 Å². The van der Waals surface area contributed by atoms with Crippen LogP contribution in [0.1, 0.15) is 6.92 Å². The Balaban J connectivity index is 2.61. The third kappa shape index (κ3) is 1.73. The quantitative estimate of drug-likeness (QED) is 0.598. The van der Waals surface area contributed by atoms with Crippen molar-refractivity contribution in [1.29, 1.82) is 0 Å². The zero-order chi connectivity index (χ0) is 8.27. The van der Waals surface area contributed by atoms with E-state index in [0.29, 0.717) is 0 Å². The fourth-order valence-electron chi connectivity index (χ4n) is 1.24. The van der Waals surface area contributed by atoms with E-state index in [2.05, 4.69) is 0 Å². The van der Waals surface area contributed by atoms with Crippen molar-refractivity contribution in [3.05, 3.63) is 12.3 Å². The lowest BCUT2D eigenvalue weighted by Gasteiger charge is -2.30. The minimum absolute atomic E-state index is 0.00463. The maximum Gasteiger partial charge on any atom is 0.124 e. The van der Waals surface area contributed by atoms with Gasteiger partial charge in [0.05, 0.1) is 6.26 Å². The Morgan fingerprint density at radius 1 is 1.27 bits per heavy atom. The third-order valence-electron chi connectivity index (χ3n) is 1.89. The molecule has 11 heavy (non-hydrogen) atoms. The molecule has 1 aliphatic heterocycles. The molecule has 3 nitrogen and oxygen atoms in total. The molecule has 64 valence electrons. The molecule has 0 spiro atoms. The zero-order valence-corrected chi connectivity index (χ0v) is 7.11. The molecule has 0 amide bonds. The number of rotatable bonds is 2. The van der Waals surface area contributed by atoms with Crippen LogP contribution in [0.2, 0.25) is 0 Å². The van der Waals surface area contributed by atoms with Crippen molar-refractivity contribution in [2.75, 3.05) is 14.2 Å². The average Bonchev–Trinajstić information content (AvgIpc) is 2.04. The summed E-state index contributed by atoms with van der Waals surface area (Å²) >= 11 is 0. The van der Waals surface area contributed by atoms with E-state index in [0.717, 1.165) is 0 Å². The minimum atomic E-state index is 0.00463. The first-order valence-corrected chi connectivity index (χ1v) is 3.67. The Kier molecular flexibility index (Phi) is 2.91. The fraction of sp³-hybridized carbons (Fsp3) is 0.750. The van der Waals surface area contributed by atoms with Crippen molar-refractivity contribution >= 4 is 0 Å². The van der Waals surface area contributed by atoms with Crippen LogP contribution in [-0.4, -0.2) is 32.5 Å². The van der Waals surface area contributed by atoms with E-state index in [1.54, 1.807) is 20.5 Å². The summed E-state index contributed by atoms with van der Waals surface area (Å²) in [4.78, 5) is 0. The largest absolute Gasteiger partial charge is 0.496 e. The highest BCUT2D eigenvalue weighted by Crippen LogP contribution is 2.16. The maximum atomic E-state index is 5.23. The summed E-state index contributed by atoms with van der Waals surface area (Å²) in [5.74, 6) is 0. The number of hydrogen-bond donors (Lipinski definition) is 0. The maximum absolute atomic E-state index is 5.23. The lowest BCUT2D eigenvalue weighted by Crippen LogP contribution is -2.40. The van der Waals surface area contributed by atoms with Gasteiger partial charge in [0.25, 0.3) is 0 Å². The second-order valence-corrected chi connectivity index (χ2v) is 2.57. The van der Waals surface area contributed by atoms with Crippen LogP contribution in [0, 0.1) is 0 Å². The molecule has 1 rings (SSSR count). The molecule has 0 aromatic rings. The van der Waals surface area contributed by atoms with E-state index in [9.17, 15) is 0 Å². The fourth-order valence-corrected chi connectivity index (χ4v) is 1.24. The van der Waals surface area contributed by atoms with Gasteiger partial charge in [-0.1, -0.05) is 0 Å². The first kappa shape index (κ1) is 8.56. The summed E-state index contributed by atoms with van der Waals surface area (Å²) in [5.41, 5.74) is 0. The standard InChI is InChI=1S/C8H14O3/c1-6-8(10-3)7(9-2)4-5-11-6/h4-8H,1-3H3/t6-,7-,8-/m0/s1. The minimum Gasteiger partial charge on any atom is -0.496 e. The van der Waals surface area contributed by atoms with Crippen LogP contribution in [0.4, 0.5) is 0 Å². The molecule has 0 unspecified atom stereocenters.